The van der Waals surface area contributed by atoms with Gasteiger partial charge in [-0.1, -0.05) is 13.8 Å². The van der Waals surface area contributed by atoms with Gasteiger partial charge < -0.3 is 9.57 Å². The summed E-state index contributed by atoms with van der Waals surface area (Å²) in [6.07, 6.45) is 2.19. The van der Waals surface area contributed by atoms with Crippen LogP contribution in [0.15, 0.2) is 0 Å². The van der Waals surface area contributed by atoms with Crippen molar-refractivity contribution in [2.24, 2.45) is 0 Å². The average Bonchev–Trinajstić information content (AvgIpc) is 2.04. The van der Waals surface area contributed by atoms with E-state index in [-0.39, 0.29) is 0 Å². The van der Waals surface area contributed by atoms with Gasteiger partial charge in [-0.15, -0.1) is 0 Å². The van der Waals surface area contributed by atoms with Crippen LogP contribution in [0, 0.1) is 0 Å². The van der Waals surface area contributed by atoms with Crippen LogP contribution < -0.4 is 5.48 Å². The molecule has 0 aromatic rings. The van der Waals surface area contributed by atoms with Gasteiger partial charge in [0.15, 0.2) is 0 Å². The van der Waals surface area contributed by atoms with E-state index in [1.165, 1.54) is 0 Å². The first-order valence-corrected chi connectivity index (χ1v) is 4.10. The highest BCUT2D eigenvalue weighted by atomic mass is 16.6. The molecule has 0 saturated heterocycles. The van der Waals surface area contributed by atoms with Crippen molar-refractivity contribution < 1.29 is 9.57 Å². The number of hydrogen-bond donors (Lipinski definition) is 1. The quantitative estimate of drug-likeness (QED) is 0.493. The topological polar surface area (TPSA) is 30.5 Å². The van der Waals surface area contributed by atoms with E-state index in [0.717, 1.165) is 26.1 Å². The zero-order chi connectivity index (χ0) is 8.95. The second-order valence-corrected chi connectivity index (χ2v) is 2.05. The van der Waals surface area contributed by atoms with Gasteiger partial charge in [0.05, 0.1) is 6.61 Å². The fourth-order valence-corrected chi connectivity index (χ4v) is 0.408. The molecule has 0 aromatic carbocycles. The number of hydrogen-bond acceptors (Lipinski definition) is 3. The van der Waals surface area contributed by atoms with Gasteiger partial charge in [0.2, 0.25) is 0 Å². The predicted molar refractivity (Wildman–Crippen MR) is 47.5 cm³/mol. The van der Waals surface area contributed by atoms with Crippen molar-refractivity contribution in [2.75, 3.05) is 27.4 Å². The molecule has 11 heavy (non-hydrogen) atoms. The maximum Gasteiger partial charge on any atom is 0.0679 e. The molecule has 0 radical (unpaired) electrons. The normalized spacial score (nSPS) is 8.73. The van der Waals surface area contributed by atoms with E-state index in [0.29, 0.717) is 0 Å². The fraction of sp³-hybridized carbons (Fsp3) is 1.00. The molecule has 0 aromatic heterocycles. The minimum atomic E-state index is 0.802. The molecular formula is C8H21NO2. The van der Waals surface area contributed by atoms with Crippen molar-refractivity contribution >= 4 is 0 Å². The summed E-state index contributed by atoms with van der Waals surface area (Å²) in [5, 5.41) is 0. The van der Waals surface area contributed by atoms with E-state index in [1.807, 2.05) is 0 Å². The van der Waals surface area contributed by atoms with Crippen LogP contribution in [0.2, 0.25) is 0 Å². The van der Waals surface area contributed by atoms with Gasteiger partial charge >= 0.3 is 0 Å². The monoisotopic (exact) mass is 163 g/mol. The molecule has 0 fully saturated rings. The maximum absolute atomic E-state index is 4.73. The molecule has 0 unspecified atom stereocenters. The van der Waals surface area contributed by atoms with E-state index in [9.17, 15) is 0 Å². The first-order chi connectivity index (χ1) is 5.33. The summed E-state index contributed by atoms with van der Waals surface area (Å²) in [7, 11) is 3.47. The van der Waals surface area contributed by atoms with Gasteiger partial charge in [-0.3, -0.25) is 0 Å². The highest BCUT2D eigenvalue weighted by molar-refractivity contribution is 4.16. The lowest BCUT2D eigenvalue weighted by molar-refractivity contribution is 0.0585. The summed E-state index contributed by atoms with van der Waals surface area (Å²) in [5.74, 6) is 0. The van der Waals surface area contributed by atoms with Gasteiger partial charge in [0.1, 0.15) is 0 Å². The molecule has 3 heteroatoms. The third-order valence-corrected chi connectivity index (χ3v) is 0.859. The van der Waals surface area contributed by atoms with Crippen molar-refractivity contribution in [1.82, 2.24) is 5.48 Å². The zero-order valence-corrected chi connectivity index (χ0v) is 8.14. The third kappa shape index (κ3) is 25.8. The molecule has 70 valence electrons. The van der Waals surface area contributed by atoms with Crippen molar-refractivity contribution in [3.8, 4) is 0 Å². The van der Waals surface area contributed by atoms with E-state index in [2.05, 4.69) is 19.3 Å². The number of methoxy groups -OCH3 is 1. The zero-order valence-electron chi connectivity index (χ0n) is 8.14. The largest absolute Gasteiger partial charge is 0.385 e. The second kappa shape index (κ2) is 16.5. The molecule has 0 aliphatic rings. The molecule has 0 amide bonds. The Morgan fingerprint density at radius 3 is 1.73 bits per heavy atom. The average molecular weight is 163 g/mol. The van der Waals surface area contributed by atoms with Crippen LogP contribution in [-0.4, -0.2) is 27.4 Å². The van der Waals surface area contributed by atoms with Crippen LogP contribution in [0.4, 0.5) is 0 Å². The lowest BCUT2D eigenvalue weighted by Crippen LogP contribution is -2.06. The fourth-order valence-electron chi connectivity index (χ4n) is 0.408. The second-order valence-electron chi connectivity index (χ2n) is 2.05. The molecule has 0 bridgehead atoms. The van der Waals surface area contributed by atoms with Crippen LogP contribution >= 0.6 is 0 Å². The number of nitrogens with one attached hydrogen (secondary N) is 1. The summed E-state index contributed by atoms with van der Waals surface area (Å²) in [4.78, 5) is 4.73. The molecule has 0 spiro atoms. The van der Waals surface area contributed by atoms with Crippen LogP contribution in [0.1, 0.15) is 26.7 Å². The molecule has 0 atom stereocenters. The highest BCUT2D eigenvalue weighted by Gasteiger charge is 1.71. The molecule has 0 saturated carbocycles. The third-order valence-electron chi connectivity index (χ3n) is 0.859. The molecule has 0 rings (SSSR count). The summed E-state index contributed by atoms with van der Waals surface area (Å²) in [6, 6.07) is 0. The Hall–Kier alpha value is -0.120. The Morgan fingerprint density at radius 2 is 1.64 bits per heavy atom. The summed E-state index contributed by atoms with van der Waals surface area (Å²) >= 11 is 0. The predicted octanol–water partition coefficient (Wildman–Crippen LogP) is 1.59. The lowest BCUT2D eigenvalue weighted by Gasteiger charge is -1.93. The van der Waals surface area contributed by atoms with E-state index in [4.69, 9.17) is 9.57 Å². The summed E-state index contributed by atoms with van der Waals surface area (Å²) in [6.45, 7) is 5.84. The summed E-state index contributed by atoms with van der Waals surface area (Å²) in [5.41, 5.74) is 2.57. The Balaban J connectivity index is 0. The van der Waals surface area contributed by atoms with Crippen molar-refractivity contribution in [1.29, 1.82) is 0 Å². The highest BCUT2D eigenvalue weighted by Crippen LogP contribution is 1.71. The van der Waals surface area contributed by atoms with E-state index >= 15 is 0 Å². The smallest absolute Gasteiger partial charge is 0.0679 e. The first-order valence-electron chi connectivity index (χ1n) is 4.10. The Bertz CT molecular complexity index is 45.4. The molecule has 0 aliphatic heterocycles. The summed E-state index contributed by atoms with van der Waals surface area (Å²) < 4.78 is 4.69. The minimum Gasteiger partial charge on any atom is -0.385 e. The Morgan fingerprint density at radius 1 is 1.09 bits per heavy atom. The van der Waals surface area contributed by atoms with Gasteiger partial charge in [-0.05, 0) is 12.8 Å². The molecular weight excluding hydrogens is 142 g/mol. The number of hydroxylamine groups is 1. The first kappa shape index (κ1) is 13.5. The Kier molecular flexibility index (Phi) is 20.2. The van der Waals surface area contributed by atoms with Crippen LogP contribution in [0.25, 0.3) is 0 Å². The van der Waals surface area contributed by atoms with Gasteiger partial charge in [-0.2, -0.15) is 0 Å². The molecule has 0 aliphatic carbocycles. The molecule has 0 heterocycles. The number of rotatable bonds is 5. The van der Waals surface area contributed by atoms with Gasteiger partial charge in [-0.25, -0.2) is 5.48 Å². The SMILES string of the molecule is CCCOC.CCCONC. The Labute approximate surface area is 70.0 Å². The lowest BCUT2D eigenvalue weighted by atomic mass is 10.5. The molecule has 3 nitrogen and oxygen atoms in total. The minimum absolute atomic E-state index is 0.802. The number of ether oxygens (including phenoxy) is 1. The van der Waals surface area contributed by atoms with Crippen molar-refractivity contribution in [2.45, 2.75) is 26.7 Å². The van der Waals surface area contributed by atoms with Gasteiger partial charge in [0.25, 0.3) is 0 Å². The molecule has 1 N–H and O–H groups in total. The van der Waals surface area contributed by atoms with E-state index in [1.54, 1.807) is 14.2 Å². The standard InChI is InChI=1S/C4H11NO.C4H10O/c1-3-4-6-5-2;1-3-4-5-2/h5H,3-4H2,1-2H3;3-4H2,1-2H3. The van der Waals surface area contributed by atoms with Crippen molar-refractivity contribution in [3.63, 3.8) is 0 Å². The maximum atomic E-state index is 4.73. The van der Waals surface area contributed by atoms with Crippen LogP contribution in [0.3, 0.4) is 0 Å². The van der Waals surface area contributed by atoms with Gasteiger partial charge in [0, 0.05) is 20.8 Å². The van der Waals surface area contributed by atoms with Crippen LogP contribution in [0.5, 0.6) is 0 Å². The van der Waals surface area contributed by atoms with Crippen molar-refractivity contribution in [3.05, 3.63) is 0 Å². The van der Waals surface area contributed by atoms with Crippen LogP contribution in [-0.2, 0) is 9.57 Å². The van der Waals surface area contributed by atoms with E-state index < -0.39 is 0 Å².